The number of nitrogens with one attached hydrogen (secondary N) is 1. The van der Waals surface area contributed by atoms with Gasteiger partial charge in [0.2, 0.25) is 0 Å². The molecule has 1 aromatic heterocycles. The van der Waals surface area contributed by atoms with Crippen molar-refractivity contribution < 1.29 is 14.1 Å². The zero-order chi connectivity index (χ0) is 9.84. The zero-order valence-electron chi connectivity index (χ0n) is 7.55. The average molecular weight is 185 g/mol. The van der Waals surface area contributed by atoms with E-state index in [4.69, 9.17) is 4.74 Å². The Balaban J connectivity index is 2.82. The van der Waals surface area contributed by atoms with Gasteiger partial charge in [-0.15, -0.1) is 0 Å². The highest BCUT2D eigenvalue weighted by Gasteiger charge is 2.18. The summed E-state index contributed by atoms with van der Waals surface area (Å²) < 4.78 is 9.19. The maximum absolute atomic E-state index is 11.2. The molecule has 5 nitrogen and oxygen atoms in total. The molecule has 0 radical (unpaired) electrons. The Bertz CT molecular complexity index is 349. The van der Waals surface area contributed by atoms with Crippen LogP contribution in [-0.2, 0) is 4.74 Å². The van der Waals surface area contributed by atoms with Gasteiger partial charge in [0.1, 0.15) is 0 Å². The predicted molar refractivity (Wildman–Crippen MR) is 44.6 cm³/mol. The molecule has 0 aliphatic heterocycles. The van der Waals surface area contributed by atoms with E-state index in [-0.39, 0.29) is 5.56 Å². The number of aromatic amines is 1. The molecule has 0 unspecified atom stereocenters. The molecule has 1 heterocycles. The normalized spacial score (nSPS) is 10.0. The van der Waals surface area contributed by atoms with Crippen molar-refractivity contribution in [2.75, 3.05) is 6.61 Å². The molecule has 0 spiro atoms. The molecule has 0 saturated heterocycles. The van der Waals surface area contributed by atoms with Crippen LogP contribution in [-0.4, -0.2) is 17.7 Å². The van der Waals surface area contributed by atoms with Crippen molar-refractivity contribution in [1.29, 1.82) is 0 Å². The summed E-state index contributed by atoms with van der Waals surface area (Å²) in [5, 5.41) is 2.31. The number of ether oxygens (including phenoxy) is 1. The first-order valence-corrected chi connectivity index (χ1v) is 4.02. The molecule has 0 atom stereocenters. The fourth-order valence-corrected chi connectivity index (χ4v) is 0.881. The number of aryl methyl sites for hydroxylation is 1. The summed E-state index contributed by atoms with van der Waals surface area (Å²) in [4.78, 5) is 22.1. The molecule has 0 saturated carbocycles. The van der Waals surface area contributed by atoms with E-state index in [9.17, 15) is 9.59 Å². The number of esters is 1. The molecule has 1 aromatic rings. The van der Waals surface area contributed by atoms with Crippen molar-refractivity contribution in [3.05, 3.63) is 21.7 Å². The number of rotatable bonds is 3. The van der Waals surface area contributed by atoms with Gasteiger partial charge < -0.3 is 9.26 Å². The summed E-state index contributed by atoms with van der Waals surface area (Å²) in [6.45, 7) is 3.76. The molecule has 0 amide bonds. The van der Waals surface area contributed by atoms with Crippen LogP contribution in [0.4, 0.5) is 0 Å². The van der Waals surface area contributed by atoms with Gasteiger partial charge in [-0.05, 0) is 13.3 Å². The molecule has 13 heavy (non-hydrogen) atoms. The van der Waals surface area contributed by atoms with Gasteiger partial charge in [-0.1, -0.05) is 6.92 Å². The SMILES string of the molecule is CCCOC(=O)c1c(C)[nH]oc1=O. The zero-order valence-corrected chi connectivity index (χ0v) is 7.55. The van der Waals surface area contributed by atoms with E-state index in [1.165, 1.54) is 0 Å². The third-order valence-electron chi connectivity index (χ3n) is 1.52. The van der Waals surface area contributed by atoms with Gasteiger partial charge in [0, 0.05) is 0 Å². The Morgan fingerprint density at radius 1 is 1.62 bits per heavy atom. The van der Waals surface area contributed by atoms with Crippen molar-refractivity contribution in [3.63, 3.8) is 0 Å². The van der Waals surface area contributed by atoms with E-state index in [0.29, 0.717) is 12.3 Å². The molecule has 1 N–H and O–H groups in total. The molecular weight excluding hydrogens is 174 g/mol. The summed E-state index contributed by atoms with van der Waals surface area (Å²) >= 11 is 0. The van der Waals surface area contributed by atoms with Crippen molar-refractivity contribution >= 4 is 5.97 Å². The Morgan fingerprint density at radius 2 is 2.31 bits per heavy atom. The highest BCUT2D eigenvalue weighted by Crippen LogP contribution is 2.01. The van der Waals surface area contributed by atoms with Gasteiger partial charge in [-0.25, -0.2) is 14.7 Å². The van der Waals surface area contributed by atoms with Crippen molar-refractivity contribution in [3.8, 4) is 0 Å². The van der Waals surface area contributed by atoms with Gasteiger partial charge in [-0.3, -0.25) is 0 Å². The number of carbonyl (C=O) groups excluding carboxylic acids is 1. The molecule has 0 aliphatic rings. The number of aromatic nitrogens is 1. The van der Waals surface area contributed by atoms with Gasteiger partial charge >= 0.3 is 11.6 Å². The summed E-state index contributed by atoms with van der Waals surface area (Å²) in [6.07, 6.45) is 0.723. The molecule has 0 fully saturated rings. The van der Waals surface area contributed by atoms with E-state index in [0.717, 1.165) is 6.42 Å². The minimum atomic E-state index is -0.682. The first-order chi connectivity index (χ1) is 6.16. The molecular formula is C8H11NO4. The second kappa shape index (κ2) is 3.93. The number of carbonyl (C=O) groups is 1. The van der Waals surface area contributed by atoms with E-state index in [1.807, 2.05) is 6.92 Å². The van der Waals surface area contributed by atoms with Crippen molar-refractivity contribution in [2.24, 2.45) is 0 Å². The number of H-pyrrole nitrogens is 1. The van der Waals surface area contributed by atoms with E-state index in [1.54, 1.807) is 6.92 Å². The third-order valence-corrected chi connectivity index (χ3v) is 1.52. The van der Waals surface area contributed by atoms with Crippen LogP contribution in [0.25, 0.3) is 0 Å². The second-order valence-electron chi connectivity index (χ2n) is 2.63. The van der Waals surface area contributed by atoms with E-state index in [2.05, 4.69) is 9.68 Å². The largest absolute Gasteiger partial charge is 0.462 e. The van der Waals surface area contributed by atoms with Crippen LogP contribution in [0.15, 0.2) is 9.32 Å². The molecule has 0 aliphatic carbocycles. The minimum Gasteiger partial charge on any atom is -0.462 e. The monoisotopic (exact) mass is 185 g/mol. The van der Waals surface area contributed by atoms with Crippen molar-refractivity contribution in [1.82, 2.24) is 5.16 Å². The van der Waals surface area contributed by atoms with Gasteiger partial charge in [0.25, 0.3) is 0 Å². The molecule has 1 rings (SSSR count). The van der Waals surface area contributed by atoms with E-state index >= 15 is 0 Å². The summed E-state index contributed by atoms with van der Waals surface area (Å²) in [7, 11) is 0. The molecule has 0 aromatic carbocycles. The lowest BCUT2D eigenvalue weighted by atomic mass is 10.3. The fourth-order valence-electron chi connectivity index (χ4n) is 0.881. The maximum Gasteiger partial charge on any atom is 0.372 e. The van der Waals surface area contributed by atoms with Crippen LogP contribution < -0.4 is 5.63 Å². The van der Waals surface area contributed by atoms with Gasteiger partial charge in [0.05, 0.1) is 12.3 Å². The summed E-state index contributed by atoms with van der Waals surface area (Å²) in [6, 6.07) is 0. The van der Waals surface area contributed by atoms with Gasteiger partial charge in [-0.2, -0.15) is 0 Å². The number of hydrogen-bond donors (Lipinski definition) is 1. The van der Waals surface area contributed by atoms with E-state index < -0.39 is 11.6 Å². The molecule has 0 bridgehead atoms. The van der Waals surface area contributed by atoms with Crippen LogP contribution in [0.3, 0.4) is 0 Å². The van der Waals surface area contributed by atoms with Crippen LogP contribution in [0.2, 0.25) is 0 Å². The van der Waals surface area contributed by atoms with Crippen molar-refractivity contribution in [2.45, 2.75) is 20.3 Å². The number of hydrogen-bond acceptors (Lipinski definition) is 4. The second-order valence-corrected chi connectivity index (χ2v) is 2.63. The fraction of sp³-hybridized carbons (Fsp3) is 0.500. The smallest absolute Gasteiger partial charge is 0.372 e. The molecule has 5 heteroatoms. The predicted octanol–water partition coefficient (Wildman–Crippen LogP) is 0.843. The van der Waals surface area contributed by atoms with Gasteiger partial charge in [0.15, 0.2) is 5.56 Å². The standard InChI is InChI=1S/C8H11NO4/c1-3-4-12-7(10)6-5(2)9-13-8(6)11/h9H,3-4H2,1-2H3. The highest BCUT2D eigenvalue weighted by molar-refractivity contribution is 5.89. The Labute approximate surface area is 74.7 Å². The quantitative estimate of drug-likeness (QED) is 0.708. The molecule has 72 valence electrons. The summed E-state index contributed by atoms with van der Waals surface area (Å²) in [5.41, 5.74) is -0.335. The first-order valence-electron chi connectivity index (χ1n) is 4.02. The third kappa shape index (κ3) is 1.99. The Hall–Kier alpha value is -1.52. The summed E-state index contributed by atoms with van der Waals surface area (Å²) in [5.74, 6) is -0.630. The lowest BCUT2D eigenvalue weighted by molar-refractivity contribution is 0.0501. The Morgan fingerprint density at radius 3 is 2.77 bits per heavy atom. The lowest BCUT2D eigenvalue weighted by Crippen LogP contribution is -2.14. The maximum atomic E-state index is 11.2. The van der Waals surface area contributed by atoms with Crippen LogP contribution in [0, 0.1) is 6.92 Å². The van der Waals surface area contributed by atoms with Crippen LogP contribution in [0.1, 0.15) is 29.4 Å². The minimum absolute atomic E-state index is 0.0477. The van der Waals surface area contributed by atoms with Crippen LogP contribution in [0.5, 0.6) is 0 Å². The lowest BCUT2D eigenvalue weighted by Gasteiger charge is -1.98. The van der Waals surface area contributed by atoms with Crippen LogP contribution >= 0.6 is 0 Å². The first kappa shape index (κ1) is 9.57. The topological polar surface area (TPSA) is 72.3 Å². The average Bonchev–Trinajstić information content (AvgIpc) is 2.42. The Kier molecular flexibility index (Phi) is 2.89. The highest BCUT2D eigenvalue weighted by atomic mass is 16.5.